The summed E-state index contributed by atoms with van der Waals surface area (Å²) >= 11 is 0. The van der Waals surface area contributed by atoms with E-state index in [2.05, 4.69) is 87.1 Å². The molecule has 124 heavy (non-hydrogen) atoms. The summed E-state index contributed by atoms with van der Waals surface area (Å²) in [6.07, 6.45) is 4.98. The molecule has 0 bridgehead atoms. The van der Waals surface area contributed by atoms with Gasteiger partial charge in [-0.05, 0) is 205 Å². The number of aromatic nitrogens is 13. The molecule has 0 aliphatic heterocycles. The van der Waals surface area contributed by atoms with Crippen LogP contribution in [0.1, 0.15) is 151 Å². The van der Waals surface area contributed by atoms with Crippen LogP contribution in [0.5, 0.6) is 0 Å². The van der Waals surface area contributed by atoms with Crippen molar-refractivity contribution in [2.45, 2.75) is 175 Å². The largest absolute Gasteiger partial charge is 0.384 e. The molecule has 0 amide bonds. The minimum Gasteiger partial charge on any atom is -0.384 e. The average molecular weight is 1750 g/mol. The van der Waals surface area contributed by atoms with Gasteiger partial charge in [-0.3, -0.25) is 4.98 Å². The number of hydrogen-bond donors (Lipinski definition) is 2. The predicted octanol–water partition coefficient (Wildman–Crippen LogP) is 18.8. The smallest absolute Gasteiger partial charge is 0.186 e. The third kappa shape index (κ3) is 19.9. The van der Waals surface area contributed by atoms with Crippen molar-refractivity contribution in [1.82, 2.24) is 64.3 Å². The lowest BCUT2D eigenvalue weighted by molar-refractivity contribution is 0.547. The maximum atomic E-state index is 14.8. The van der Waals surface area contributed by atoms with Gasteiger partial charge in [0.25, 0.3) is 0 Å². The molecular weight excluding hydrogens is 1650 g/mol. The fourth-order valence-corrected chi connectivity index (χ4v) is 19.9. The molecule has 640 valence electrons. The number of halogens is 2. The second-order valence-corrected chi connectivity index (χ2v) is 42.8. The molecule has 16 aromatic rings. The van der Waals surface area contributed by atoms with Gasteiger partial charge in [-0.25, -0.2) is 71.1 Å². The van der Waals surface area contributed by atoms with Gasteiger partial charge in [-0.2, -0.15) is 25.5 Å². The molecule has 0 atom stereocenters. The summed E-state index contributed by atoms with van der Waals surface area (Å²) in [5, 5.41) is 31.4. The van der Waals surface area contributed by atoms with Gasteiger partial charge >= 0.3 is 0 Å². The van der Waals surface area contributed by atoms with E-state index in [0.717, 1.165) is 88.4 Å². The zero-order valence-electron chi connectivity index (χ0n) is 72.0. The van der Waals surface area contributed by atoms with E-state index in [0.29, 0.717) is 67.1 Å². The number of hydrogen-bond acceptors (Lipinski definition) is 19. The maximum absolute atomic E-state index is 14.8. The van der Waals surface area contributed by atoms with Crippen molar-refractivity contribution in [1.29, 1.82) is 0 Å². The molecular formula is C95H99F2N15O8S4. The summed E-state index contributed by atoms with van der Waals surface area (Å²) in [6.45, 7) is 31.6. The molecule has 0 saturated heterocycles. The van der Waals surface area contributed by atoms with E-state index in [9.17, 15) is 42.5 Å². The fraction of sp³-hybridized carbons (Fsp3) is 0.253. The average Bonchev–Trinajstić information content (AvgIpc) is 1.56. The molecule has 16 rings (SSSR count). The van der Waals surface area contributed by atoms with Gasteiger partial charge in [-0.1, -0.05) is 168 Å². The quantitative estimate of drug-likeness (QED) is 0.0907. The van der Waals surface area contributed by atoms with E-state index in [1.807, 2.05) is 183 Å². The van der Waals surface area contributed by atoms with Gasteiger partial charge in [0.15, 0.2) is 45.2 Å². The number of nitrogens with zero attached hydrogens (tertiary/aromatic N) is 13. The Morgan fingerprint density at radius 3 is 1.19 bits per heavy atom. The third-order valence-corrected chi connectivity index (χ3v) is 27.7. The highest BCUT2D eigenvalue weighted by Crippen LogP contribution is 2.36. The number of pyridine rings is 3. The Bertz CT molecular complexity index is 7220. The standard InChI is InChI=1S/C24H25FN4O2S.C24H24FN3O2S.C24H26N4O2S.C23H24N4O2S/c1-15-12-17(14-32(30,31)22-9-8-16(13-20(22)25)24(2,3)4)29(28-15)21-7-5-6-19-18(21)10-11-27-23(19)26;1-16-13-18(28(27-16)22-9-5-8-21-19(22)7-6-12-26-21)15-31(29,30)23-11-10-17(14-20(23)25)24(2,3)4;1-16-14-18(15-31(29,30)19-10-8-17(9-11-19)24(2,3)4)28(27-16)22-7-5-6-21-20(22)12-13-23(25)26-21;1-16-13-19(15-30(28,29)20-11-9-18(10-12-20)23(2,3)4)27(26-16)22-21-8-6-5-7-17(21)14-24-25-22/h5-13H,14H2,1-4H3,(H2,26,27);5-14H,15H2,1-4H3;5-14H,15H2,1-4H3,(H2,25,26);5-14H,15H2,1-4H3. The van der Waals surface area contributed by atoms with Gasteiger partial charge in [0.1, 0.15) is 33.1 Å². The van der Waals surface area contributed by atoms with Crippen molar-refractivity contribution < 1.29 is 42.5 Å². The van der Waals surface area contributed by atoms with E-state index < -0.39 is 56.7 Å². The van der Waals surface area contributed by atoms with Gasteiger partial charge in [0, 0.05) is 44.7 Å². The van der Waals surface area contributed by atoms with Crippen LogP contribution in [0, 0.1) is 39.3 Å². The molecule has 8 aromatic carbocycles. The second-order valence-electron chi connectivity index (χ2n) is 34.9. The first-order valence-corrected chi connectivity index (χ1v) is 46.6. The lowest BCUT2D eigenvalue weighted by Crippen LogP contribution is -2.15. The highest BCUT2D eigenvalue weighted by Gasteiger charge is 2.30. The van der Waals surface area contributed by atoms with E-state index in [-0.39, 0.29) is 48.7 Å². The van der Waals surface area contributed by atoms with Crippen molar-refractivity contribution >= 4 is 94.3 Å². The van der Waals surface area contributed by atoms with Crippen LogP contribution in [-0.4, -0.2) is 97.9 Å². The summed E-state index contributed by atoms with van der Waals surface area (Å²) in [4.78, 5) is 12.8. The van der Waals surface area contributed by atoms with Gasteiger partial charge in [0.2, 0.25) is 0 Å². The lowest BCUT2D eigenvalue weighted by Gasteiger charge is -2.19. The highest BCUT2D eigenvalue weighted by atomic mass is 32.2. The maximum Gasteiger partial charge on any atom is 0.186 e. The second kappa shape index (κ2) is 34.6. The van der Waals surface area contributed by atoms with Crippen molar-refractivity contribution in [3.05, 3.63) is 316 Å². The van der Waals surface area contributed by atoms with E-state index in [4.69, 9.17) is 11.5 Å². The number of anilines is 2. The van der Waals surface area contributed by atoms with Crippen molar-refractivity contribution in [2.75, 3.05) is 11.5 Å². The van der Waals surface area contributed by atoms with Crippen LogP contribution >= 0.6 is 0 Å². The summed E-state index contributed by atoms with van der Waals surface area (Å²) in [5.41, 5.74) is 23.4. The van der Waals surface area contributed by atoms with E-state index >= 15 is 0 Å². The topological polar surface area (TPSA) is 324 Å². The van der Waals surface area contributed by atoms with Gasteiger partial charge in [0.05, 0.1) is 113 Å². The minimum absolute atomic E-state index is 0.0366. The Labute approximate surface area is 722 Å². The number of aryl methyl sites for hydroxylation is 4. The SMILES string of the molecule is Cc1cc(CS(=O)(=O)c2ccc(C(C)(C)C)cc2)n(-c2cccc3nc(N)ccc23)n1.Cc1cc(CS(=O)(=O)c2ccc(C(C)(C)C)cc2)n(-c2nncc3ccccc23)n1.Cc1cc(CS(=O)(=O)c2ccc(C(C)(C)C)cc2F)n(-c2cccc3c(N)nccc23)n1.Cc1cc(CS(=O)(=O)c2ccc(C(C)(C)C)cc2F)n(-c2cccc3ncccc23)n1. The number of fused-ring (bicyclic) bond motifs is 4. The van der Waals surface area contributed by atoms with Crippen LogP contribution in [0.4, 0.5) is 20.4 Å². The molecule has 0 spiro atoms. The summed E-state index contributed by atoms with van der Waals surface area (Å²) in [7, 11) is -15.0. The molecule has 0 unspecified atom stereocenters. The minimum atomic E-state index is -3.96. The molecule has 0 aliphatic carbocycles. The Balaban J connectivity index is 0.000000142. The number of benzene rings is 8. The van der Waals surface area contributed by atoms with Crippen LogP contribution in [0.3, 0.4) is 0 Å². The zero-order valence-corrected chi connectivity index (χ0v) is 75.2. The van der Waals surface area contributed by atoms with Crippen molar-refractivity contribution in [2.24, 2.45) is 0 Å². The summed E-state index contributed by atoms with van der Waals surface area (Å²) in [6, 6.07) is 63.6. The number of sulfone groups is 4. The predicted molar refractivity (Wildman–Crippen MR) is 485 cm³/mol. The van der Waals surface area contributed by atoms with Gasteiger partial charge < -0.3 is 11.5 Å². The number of rotatable bonds is 16. The molecule has 29 heteroatoms. The molecule has 0 saturated carbocycles. The van der Waals surface area contributed by atoms with Crippen LogP contribution in [0.25, 0.3) is 66.2 Å². The van der Waals surface area contributed by atoms with Gasteiger partial charge in [-0.15, -0.1) is 5.10 Å². The number of nitrogen functional groups attached to an aromatic ring is 2. The van der Waals surface area contributed by atoms with E-state index in [1.165, 1.54) is 24.3 Å². The Morgan fingerprint density at radius 1 is 0.347 bits per heavy atom. The summed E-state index contributed by atoms with van der Waals surface area (Å²) < 4.78 is 141. The molecule has 0 radical (unpaired) electrons. The Hall–Kier alpha value is -12.6. The highest BCUT2D eigenvalue weighted by molar-refractivity contribution is 7.91. The summed E-state index contributed by atoms with van der Waals surface area (Å²) in [5.74, 6) is -1.23. The molecule has 8 heterocycles. The van der Waals surface area contributed by atoms with Crippen LogP contribution in [0.2, 0.25) is 0 Å². The van der Waals surface area contributed by atoms with Crippen molar-refractivity contribution in [3.8, 4) is 22.9 Å². The first-order chi connectivity index (χ1) is 58.2. The first kappa shape index (κ1) is 89.2. The number of nitrogens with two attached hydrogens (primary N) is 2. The first-order valence-electron chi connectivity index (χ1n) is 40.0. The normalized spacial score (nSPS) is 12.4. The third-order valence-electron chi connectivity index (χ3n) is 21.0. The Kier molecular flexibility index (Phi) is 24.9. The molecule has 0 fully saturated rings. The zero-order chi connectivity index (χ0) is 89.6. The lowest BCUT2D eigenvalue weighted by atomic mass is 9.87. The monoisotopic (exact) mass is 1740 g/mol. The molecule has 0 aliphatic rings. The fourth-order valence-electron chi connectivity index (χ4n) is 14.5. The van der Waals surface area contributed by atoms with Crippen LogP contribution < -0.4 is 11.5 Å². The van der Waals surface area contributed by atoms with Crippen LogP contribution in [0.15, 0.2) is 257 Å². The molecule has 4 N–H and O–H groups in total. The van der Waals surface area contributed by atoms with Crippen molar-refractivity contribution in [3.63, 3.8) is 0 Å². The van der Waals surface area contributed by atoms with E-state index in [1.54, 1.807) is 118 Å². The molecule has 8 aromatic heterocycles. The van der Waals surface area contributed by atoms with Crippen LogP contribution in [-0.2, 0) is 84.0 Å². The molecule has 23 nitrogen and oxygen atoms in total. The Morgan fingerprint density at radius 2 is 0.734 bits per heavy atom.